The van der Waals surface area contributed by atoms with Crippen LogP contribution in [-0.2, 0) is 0 Å². The third-order valence-corrected chi connectivity index (χ3v) is 4.00. The molecule has 0 fully saturated rings. The van der Waals surface area contributed by atoms with Crippen LogP contribution in [0.15, 0.2) is 48.8 Å². The van der Waals surface area contributed by atoms with Gasteiger partial charge in [0.25, 0.3) is 0 Å². The van der Waals surface area contributed by atoms with E-state index in [-0.39, 0.29) is 5.92 Å². The molecule has 0 amide bonds. The summed E-state index contributed by atoms with van der Waals surface area (Å²) in [5.74, 6) is -0.0272. The van der Waals surface area contributed by atoms with E-state index in [1.807, 2.05) is 55.7 Å². The van der Waals surface area contributed by atoms with E-state index >= 15 is 0 Å². The number of nitrogens with one attached hydrogen (secondary N) is 2. The second-order valence-corrected chi connectivity index (χ2v) is 5.64. The quantitative estimate of drug-likeness (QED) is 0.671. The number of aromatic nitrogens is 2. The summed E-state index contributed by atoms with van der Waals surface area (Å²) in [5.41, 5.74) is 4.09. The van der Waals surface area contributed by atoms with E-state index in [4.69, 9.17) is 23.2 Å². The van der Waals surface area contributed by atoms with Gasteiger partial charge in [-0.15, -0.1) is 0 Å². The molecule has 3 aromatic rings. The van der Waals surface area contributed by atoms with Crippen molar-refractivity contribution in [1.82, 2.24) is 9.97 Å². The van der Waals surface area contributed by atoms with Crippen molar-refractivity contribution in [2.45, 2.75) is 12.8 Å². The van der Waals surface area contributed by atoms with Gasteiger partial charge >= 0.3 is 0 Å². The minimum atomic E-state index is -0.0272. The normalized spacial score (nSPS) is 11.2. The van der Waals surface area contributed by atoms with Gasteiger partial charge in [0.05, 0.1) is 5.92 Å². The Morgan fingerprint density at radius 3 is 1.80 bits per heavy atom. The molecular weight excluding hydrogens is 291 g/mol. The predicted molar refractivity (Wildman–Crippen MR) is 83.7 cm³/mol. The number of benzene rings is 1. The number of aromatic amines is 2. The first-order valence-electron chi connectivity index (χ1n) is 6.39. The van der Waals surface area contributed by atoms with E-state index < -0.39 is 0 Å². The lowest BCUT2D eigenvalue weighted by Crippen LogP contribution is -2.06. The topological polar surface area (TPSA) is 31.6 Å². The maximum absolute atomic E-state index is 6.45. The Labute approximate surface area is 127 Å². The summed E-state index contributed by atoms with van der Waals surface area (Å²) in [5, 5.41) is 1.37. The lowest BCUT2D eigenvalue weighted by atomic mass is 9.92. The summed E-state index contributed by atoms with van der Waals surface area (Å²) in [6.45, 7) is 1.99. The summed E-state index contributed by atoms with van der Waals surface area (Å²) in [6, 6.07) is 11.9. The molecule has 20 heavy (non-hydrogen) atoms. The van der Waals surface area contributed by atoms with Crippen LogP contribution in [0.25, 0.3) is 0 Å². The highest BCUT2D eigenvalue weighted by molar-refractivity contribution is 6.36. The van der Waals surface area contributed by atoms with Crippen LogP contribution in [0.1, 0.15) is 28.4 Å². The van der Waals surface area contributed by atoms with Gasteiger partial charge in [-0.3, -0.25) is 0 Å². The molecule has 102 valence electrons. The monoisotopic (exact) mass is 304 g/mol. The Morgan fingerprint density at radius 2 is 1.40 bits per heavy atom. The fourth-order valence-corrected chi connectivity index (χ4v) is 3.33. The molecule has 1 aromatic carbocycles. The highest BCUT2D eigenvalue weighted by atomic mass is 35.5. The van der Waals surface area contributed by atoms with E-state index in [1.165, 1.54) is 0 Å². The largest absolute Gasteiger partial charge is 0.364 e. The molecule has 2 nitrogen and oxygen atoms in total. The molecular formula is C16H14Cl2N2. The van der Waals surface area contributed by atoms with E-state index in [2.05, 4.69) is 9.97 Å². The molecule has 2 aromatic heterocycles. The molecule has 3 rings (SSSR count). The lowest BCUT2D eigenvalue weighted by Gasteiger charge is -2.19. The molecule has 0 radical (unpaired) electrons. The van der Waals surface area contributed by atoms with Gasteiger partial charge in [-0.05, 0) is 48.9 Å². The van der Waals surface area contributed by atoms with Crippen LogP contribution in [0.5, 0.6) is 0 Å². The molecule has 0 unspecified atom stereocenters. The Kier molecular flexibility index (Phi) is 3.60. The molecule has 0 aliphatic heterocycles. The SMILES string of the molecule is Cc1cc(Cl)c(C(c2ccc[nH]2)c2ccc[nH]2)c(Cl)c1. The van der Waals surface area contributed by atoms with Crippen molar-refractivity contribution in [3.05, 3.63) is 81.4 Å². The minimum Gasteiger partial charge on any atom is -0.364 e. The first kappa shape index (κ1) is 13.3. The lowest BCUT2D eigenvalue weighted by molar-refractivity contribution is 0.897. The van der Waals surface area contributed by atoms with Gasteiger partial charge < -0.3 is 9.97 Å². The van der Waals surface area contributed by atoms with Crippen molar-refractivity contribution in [1.29, 1.82) is 0 Å². The fourth-order valence-electron chi connectivity index (χ4n) is 2.51. The van der Waals surface area contributed by atoms with Gasteiger partial charge in [0.2, 0.25) is 0 Å². The van der Waals surface area contributed by atoms with Gasteiger partial charge in [0, 0.05) is 39.4 Å². The third kappa shape index (κ3) is 2.37. The first-order chi connectivity index (χ1) is 9.66. The van der Waals surface area contributed by atoms with Crippen molar-refractivity contribution >= 4 is 23.2 Å². The number of hydrogen-bond donors (Lipinski definition) is 2. The zero-order valence-corrected chi connectivity index (χ0v) is 12.5. The van der Waals surface area contributed by atoms with Crippen LogP contribution in [0, 0.1) is 6.92 Å². The van der Waals surface area contributed by atoms with Crippen LogP contribution >= 0.6 is 23.2 Å². The van der Waals surface area contributed by atoms with E-state index in [1.54, 1.807) is 0 Å². The van der Waals surface area contributed by atoms with E-state index in [0.29, 0.717) is 10.0 Å². The van der Waals surface area contributed by atoms with Crippen molar-refractivity contribution in [3.8, 4) is 0 Å². The standard InChI is InChI=1S/C16H14Cl2N2/c1-10-8-11(17)15(12(18)9-10)16(13-4-2-6-19-13)14-5-3-7-20-14/h2-9,16,19-20H,1H3. The second-order valence-electron chi connectivity index (χ2n) is 4.83. The Balaban J connectivity index is 2.21. The second kappa shape index (κ2) is 5.39. The summed E-state index contributed by atoms with van der Waals surface area (Å²) in [7, 11) is 0. The molecule has 0 atom stereocenters. The van der Waals surface area contributed by atoms with Crippen molar-refractivity contribution < 1.29 is 0 Å². The Morgan fingerprint density at radius 1 is 0.900 bits per heavy atom. The predicted octanol–water partition coefficient (Wildman–Crippen LogP) is 5.14. The molecule has 0 saturated carbocycles. The highest BCUT2D eigenvalue weighted by Gasteiger charge is 2.23. The Bertz CT molecular complexity index is 643. The minimum absolute atomic E-state index is 0.0272. The van der Waals surface area contributed by atoms with Crippen molar-refractivity contribution in [2.24, 2.45) is 0 Å². The molecule has 0 aliphatic carbocycles. The average molecular weight is 305 g/mol. The summed E-state index contributed by atoms with van der Waals surface area (Å²) in [4.78, 5) is 6.51. The third-order valence-electron chi connectivity index (χ3n) is 3.38. The maximum Gasteiger partial charge on any atom is 0.0670 e. The highest BCUT2D eigenvalue weighted by Crippen LogP contribution is 2.39. The van der Waals surface area contributed by atoms with Crippen LogP contribution in [0.2, 0.25) is 10.0 Å². The van der Waals surface area contributed by atoms with Crippen LogP contribution in [0.4, 0.5) is 0 Å². The van der Waals surface area contributed by atoms with Crippen LogP contribution in [-0.4, -0.2) is 9.97 Å². The number of H-pyrrole nitrogens is 2. The summed E-state index contributed by atoms with van der Waals surface area (Å²) in [6.07, 6.45) is 3.81. The van der Waals surface area contributed by atoms with Gasteiger partial charge in [-0.25, -0.2) is 0 Å². The molecule has 2 N–H and O–H groups in total. The van der Waals surface area contributed by atoms with Gasteiger partial charge in [-0.2, -0.15) is 0 Å². The molecule has 4 heteroatoms. The number of rotatable bonds is 3. The maximum atomic E-state index is 6.45. The van der Waals surface area contributed by atoms with E-state index in [9.17, 15) is 0 Å². The molecule has 0 aliphatic rings. The zero-order valence-electron chi connectivity index (χ0n) is 11.0. The summed E-state index contributed by atoms with van der Waals surface area (Å²) < 4.78 is 0. The first-order valence-corrected chi connectivity index (χ1v) is 7.14. The molecule has 2 heterocycles. The van der Waals surface area contributed by atoms with Crippen LogP contribution < -0.4 is 0 Å². The van der Waals surface area contributed by atoms with Crippen LogP contribution in [0.3, 0.4) is 0 Å². The summed E-state index contributed by atoms with van der Waals surface area (Å²) >= 11 is 12.9. The van der Waals surface area contributed by atoms with Gasteiger partial charge in [-0.1, -0.05) is 23.2 Å². The van der Waals surface area contributed by atoms with Gasteiger partial charge in [0.1, 0.15) is 0 Å². The zero-order chi connectivity index (χ0) is 14.1. The Hall–Kier alpha value is -1.64. The molecule has 0 bridgehead atoms. The smallest absolute Gasteiger partial charge is 0.0670 e. The number of halogens is 2. The van der Waals surface area contributed by atoms with Gasteiger partial charge in [0.15, 0.2) is 0 Å². The van der Waals surface area contributed by atoms with E-state index in [0.717, 1.165) is 22.5 Å². The molecule has 0 spiro atoms. The fraction of sp³-hybridized carbons (Fsp3) is 0.125. The van der Waals surface area contributed by atoms with Crippen molar-refractivity contribution in [2.75, 3.05) is 0 Å². The van der Waals surface area contributed by atoms with Crippen molar-refractivity contribution in [3.63, 3.8) is 0 Å². The number of aryl methyl sites for hydroxylation is 1. The average Bonchev–Trinajstić information content (AvgIpc) is 3.07. The molecule has 0 saturated heterocycles. The number of hydrogen-bond acceptors (Lipinski definition) is 0.